The van der Waals surface area contributed by atoms with E-state index in [2.05, 4.69) is 105 Å². The summed E-state index contributed by atoms with van der Waals surface area (Å²) >= 11 is 0. The second-order valence-corrected chi connectivity index (χ2v) is 9.66. The van der Waals surface area contributed by atoms with Crippen LogP contribution in [0.15, 0.2) is 60.7 Å². The number of fused-ring (bicyclic) bond motifs is 2. The fourth-order valence-electron chi connectivity index (χ4n) is 3.94. The Labute approximate surface area is 182 Å². The van der Waals surface area contributed by atoms with E-state index < -0.39 is 0 Å². The minimum atomic E-state index is 0.107. The highest BCUT2D eigenvalue weighted by Gasteiger charge is 2.15. The molecule has 0 atom stereocenters. The van der Waals surface area contributed by atoms with Crippen molar-refractivity contribution in [1.29, 1.82) is 0 Å². The summed E-state index contributed by atoms with van der Waals surface area (Å²) in [4.78, 5) is 16.5. The number of benzene rings is 3. The van der Waals surface area contributed by atoms with E-state index in [1.165, 1.54) is 5.56 Å². The molecule has 0 bridgehead atoms. The number of H-pyrrole nitrogens is 2. The molecule has 0 aliphatic heterocycles. The molecule has 2 N–H and O–H groups in total. The molecule has 5 aromatic rings. The third-order valence-electron chi connectivity index (χ3n) is 5.87. The molecule has 0 saturated heterocycles. The van der Waals surface area contributed by atoms with Crippen LogP contribution in [0.4, 0.5) is 0 Å². The van der Waals surface area contributed by atoms with Crippen LogP contribution in [0.3, 0.4) is 0 Å². The first kappa shape index (κ1) is 19.6. The van der Waals surface area contributed by atoms with Crippen molar-refractivity contribution in [1.82, 2.24) is 19.9 Å². The first-order valence-electron chi connectivity index (χ1n) is 10.9. The molecule has 0 aliphatic rings. The highest BCUT2D eigenvalue weighted by atomic mass is 14.9. The molecule has 0 aliphatic carbocycles. The standard InChI is InChI=1S/C27H28N4/c1-16(2)25-28-21-11-9-17(14-23(21)30-25)18-10-12-22-24(15-18)31-26(29-22)19-7-6-8-20(13-19)27(3,4)5/h6-16H,1-5H3,(H,28,30)(H,29,31). The molecule has 31 heavy (non-hydrogen) atoms. The molecule has 5 rings (SSSR count). The maximum absolute atomic E-state index is 4.84. The molecule has 0 spiro atoms. The molecular formula is C27H28N4. The van der Waals surface area contributed by atoms with E-state index >= 15 is 0 Å². The fourth-order valence-corrected chi connectivity index (χ4v) is 3.94. The van der Waals surface area contributed by atoms with Crippen molar-refractivity contribution < 1.29 is 0 Å². The minimum Gasteiger partial charge on any atom is -0.342 e. The van der Waals surface area contributed by atoms with E-state index in [0.29, 0.717) is 5.92 Å². The summed E-state index contributed by atoms with van der Waals surface area (Å²) in [6, 6.07) is 21.5. The zero-order valence-corrected chi connectivity index (χ0v) is 18.7. The molecule has 2 heterocycles. The van der Waals surface area contributed by atoms with Gasteiger partial charge in [-0.25, -0.2) is 9.97 Å². The van der Waals surface area contributed by atoms with Crippen molar-refractivity contribution in [3.05, 3.63) is 72.1 Å². The van der Waals surface area contributed by atoms with Gasteiger partial charge in [0.25, 0.3) is 0 Å². The summed E-state index contributed by atoms with van der Waals surface area (Å²) in [5, 5.41) is 0. The van der Waals surface area contributed by atoms with Gasteiger partial charge in [-0.15, -0.1) is 0 Å². The predicted molar refractivity (Wildman–Crippen MR) is 129 cm³/mol. The molecule has 3 aromatic carbocycles. The van der Waals surface area contributed by atoms with Gasteiger partial charge in [0.2, 0.25) is 0 Å². The molecule has 0 unspecified atom stereocenters. The third kappa shape index (κ3) is 3.63. The van der Waals surface area contributed by atoms with E-state index in [0.717, 1.165) is 50.4 Å². The van der Waals surface area contributed by atoms with Crippen LogP contribution in [0.1, 0.15) is 51.9 Å². The van der Waals surface area contributed by atoms with Crippen molar-refractivity contribution in [3.63, 3.8) is 0 Å². The lowest BCUT2D eigenvalue weighted by molar-refractivity contribution is 0.590. The minimum absolute atomic E-state index is 0.107. The van der Waals surface area contributed by atoms with Gasteiger partial charge in [-0.05, 0) is 52.4 Å². The van der Waals surface area contributed by atoms with Crippen LogP contribution in [0.25, 0.3) is 44.6 Å². The largest absolute Gasteiger partial charge is 0.342 e. The van der Waals surface area contributed by atoms with Gasteiger partial charge in [0.1, 0.15) is 11.6 Å². The van der Waals surface area contributed by atoms with Gasteiger partial charge in [-0.3, -0.25) is 0 Å². The van der Waals surface area contributed by atoms with Crippen molar-refractivity contribution in [2.75, 3.05) is 0 Å². The lowest BCUT2D eigenvalue weighted by Gasteiger charge is -2.19. The highest BCUT2D eigenvalue weighted by Crippen LogP contribution is 2.30. The van der Waals surface area contributed by atoms with E-state index in [1.807, 2.05) is 0 Å². The average molecular weight is 409 g/mol. The third-order valence-corrected chi connectivity index (χ3v) is 5.87. The Kier molecular flexibility index (Phi) is 4.47. The van der Waals surface area contributed by atoms with E-state index in [4.69, 9.17) is 9.97 Å². The van der Waals surface area contributed by atoms with E-state index in [-0.39, 0.29) is 5.41 Å². The maximum atomic E-state index is 4.84. The Morgan fingerprint density at radius 3 is 2.26 bits per heavy atom. The van der Waals surface area contributed by atoms with Gasteiger partial charge in [-0.1, -0.05) is 65.0 Å². The maximum Gasteiger partial charge on any atom is 0.138 e. The van der Waals surface area contributed by atoms with Crippen LogP contribution in [-0.2, 0) is 5.41 Å². The van der Waals surface area contributed by atoms with Gasteiger partial charge in [0.15, 0.2) is 0 Å². The number of imidazole rings is 2. The Morgan fingerprint density at radius 2 is 1.48 bits per heavy atom. The first-order chi connectivity index (χ1) is 14.8. The number of aromatic amines is 2. The van der Waals surface area contributed by atoms with Crippen molar-refractivity contribution in [2.45, 2.75) is 46.0 Å². The number of nitrogens with zero attached hydrogens (tertiary/aromatic N) is 2. The summed E-state index contributed by atoms with van der Waals surface area (Å²) in [6.45, 7) is 11.0. The summed E-state index contributed by atoms with van der Waals surface area (Å²) in [5.41, 5.74) is 8.94. The SMILES string of the molecule is CC(C)c1nc2cc(-c3ccc4nc(-c5cccc(C(C)(C)C)c5)[nH]c4c3)ccc2[nH]1. The van der Waals surface area contributed by atoms with E-state index in [1.54, 1.807) is 0 Å². The molecule has 0 saturated carbocycles. The predicted octanol–water partition coefficient (Wildman–Crippen LogP) is 7.19. The van der Waals surface area contributed by atoms with Crippen LogP contribution in [0.5, 0.6) is 0 Å². The molecule has 0 amide bonds. The zero-order valence-electron chi connectivity index (χ0n) is 18.7. The van der Waals surface area contributed by atoms with Gasteiger partial charge in [0.05, 0.1) is 22.1 Å². The molecule has 156 valence electrons. The van der Waals surface area contributed by atoms with Crippen LogP contribution in [0.2, 0.25) is 0 Å². The topological polar surface area (TPSA) is 57.4 Å². The van der Waals surface area contributed by atoms with E-state index in [9.17, 15) is 0 Å². The summed E-state index contributed by atoms with van der Waals surface area (Å²) < 4.78 is 0. The molecule has 4 nitrogen and oxygen atoms in total. The van der Waals surface area contributed by atoms with Crippen LogP contribution < -0.4 is 0 Å². The number of hydrogen-bond donors (Lipinski definition) is 2. The summed E-state index contributed by atoms with van der Waals surface area (Å²) in [6.07, 6.45) is 0. The smallest absolute Gasteiger partial charge is 0.138 e. The fraction of sp³-hybridized carbons (Fsp3) is 0.259. The Balaban J connectivity index is 1.53. The molecule has 0 radical (unpaired) electrons. The van der Waals surface area contributed by atoms with Crippen molar-refractivity contribution in [3.8, 4) is 22.5 Å². The van der Waals surface area contributed by atoms with Gasteiger partial charge in [0, 0.05) is 11.5 Å². The van der Waals surface area contributed by atoms with Crippen LogP contribution in [0, 0.1) is 0 Å². The van der Waals surface area contributed by atoms with Crippen molar-refractivity contribution >= 4 is 22.1 Å². The molecule has 4 heteroatoms. The average Bonchev–Trinajstić information content (AvgIpc) is 3.36. The molecule has 2 aromatic heterocycles. The number of rotatable bonds is 3. The summed E-state index contributed by atoms with van der Waals surface area (Å²) in [7, 11) is 0. The van der Waals surface area contributed by atoms with Gasteiger partial charge >= 0.3 is 0 Å². The van der Waals surface area contributed by atoms with Crippen LogP contribution in [-0.4, -0.2) is 19.9 Å². The number of nitrogens with one attached hydrogen (secondary N) is 2. The Morgan fingerprint density at radius 1 is 0.710 bits per heavy atom. The van der Waals surface area contributed by atoms with Crippen LogP contribution >= 0.6 is 0 Å². The molecule has 0 fully saturated rings. The monoisotopic (exact) mass is 408 g/mol. The second-order valence-electron chi connectivity index (χ2n) is 9.66. The normalized spacial score (nSPS) is 12.3. The molecular weight excluding hydrogens is 380 g/mol. The summed E-state index contributed by atoms with van der Waals surface area (Å²) in [5.74, 6) is 2.31. The lowest BCUT2D eigenvalue weighted by Crippen LogP contribution is -2.10. The lowest BCUT2D eigenvalue weighted by atomic mass is 9.86. The van der Waals surface area contributed by atoms with Crippen molar-refractivity contribution in [2.24, 2.45) is 0 Å². The quantitative estimate of drug-likeness (QED) is 0.332. The zero-order chi connectivity index (χ0) is 21.8. The Bertz CT molecular complexity index is 1400. The second kappa shape index (κ2) is 7.09. The highest BCUT2D eigenvalue weighted by molar-refractivity contribution is 5.87. The first-order valence-corrected chi connectivity index (χ1v) is 10.9. The van der Waals surface area contributed by atoms with Gasteiger partial charge < -0.3 is 9.97 Å². The number of aromatic nitrogens is 4. The number of hydrogen-bond acceptors (Lipinski definition) is 2. The van der Waals surface area contributed by atoms with Gasteiger partial charge in [-0.2, -0.15) is 0 Å². The Hall–Kier alpha value is -3.40.